The molecule has 116 valence electrons. The van der Waals surface area contributed by atoms with Gasteiger partial charge in [0.05, 0.1) is 12.3 Å². The molecule has 0 saturated carbocycles. The predicted molar refractivity (Wildman–Crippen MR) is 86.6 cm³/mol. The Bertz CT molecular complexity index is 445. The van der Waals surface area contributed by atoms with Crippen LogP contribution >= 0.6 is 0 Å². The Balaban J connectivity index is 1.34. The number of nitrogen functional groups attached to an aromatic ring is 1. The lowest BCUT2D eigenvalue weighted by Crippen LogP contribution is -2.35. The van der Waals surface area contributed by atoms with E-state index in [0.29, 0.717) is 0 Å². The van der Waals surface area contributed by atoms with Crippen LogP contribution < -0.4 is 10.5 Å². The van der Waals surface area contributed by atoms with Gasteiger partial charge in [0.2, 0.25) is 0 Å². The van der Waals surface area contributed by atoms with Crippen LogP contribution in [0.1, 0.15) is 25.7 Å². The smallest absolute Gasteiger partial charge is 0.142 e. The van der Waals surface area contributed by atoms with Crippen LogP contribution in [0.4, 0.5) is 5.69 Å². The number of hydrogen-bond acceptors (Lipinski definition) is 4. The number of likely N-dealkylation sites (tertiary alicyclic amines) is 2. The van der Waals surface area contributed by atoms with Crippen molar-refractivity contribution >= 4 is 5.69 Å². The fourth-order valence-corrected chi connectivity index (χ4v) is 3.50. The van der Waals surface area contributed by atoms with Crippen molar-refractivity contribution in [2.75, 3.05) is 45.1 Å². The Labute approximate surface area is 127 Å². The molecule has 1 unspecified atom stereocenters. The molecule has 3 rings (SSSR count). The summed E-state index contributed by atoms with van der Waals surface area (Å²) < 4.78 is 5.76. The van der Waals surface area contributed by atoms with Gasteiger partial charge in [0.25, 0.3) is 0 Å². The topological polar surface area (TPSA) is 41.7 Å². The van der Waals surface area contributed by atoms with Crippen LogP contribution in [0.2, 0.25) is 0 Å². The summed E-state index contributed by atoms with van der Waals surface area (Å²) >= 11 is 0. The summed E-state index contributed by atoms with van der Waals surface area (Å²) in [6, 6.07) is 8.53. The van der Waals surface area contributed by atoms with Gasteiger partial charge in [-0.1, -0.05) is 12.1 Å². The Morgan fingerprint density at radius 2 is 1.95 bits per heavy atom. The van der Waals surface area contributed by atoms with Crippen molar-refractivity contribution in [1.82, 2.24) is 9.80 Å². The van der Waals surface area contributed by atoms with Gasteiger partial charge in [0, 0.05) is 19.1 Å². The molecule has 1 aromatic carbocycles. The van der Waals surface area contributed by atoms with Crippen LogP contribution in [0, 0.1) is 0 Å². The molecule has 21 heavy (non-hydrogen) atoms. The Morgan fingerprint density at radius 1 is 1.14 bits per heavy atom. The minimum atomic E-state index is 0.729. The van der Waals surface area contributed by atoms with Gasteiger partial charge < -0.3 is 15.4 Å². The van der Waals surface area contributed by atoms with Gasteiger partial charge >= 0.3 is 0 Å². The summed E-state index contributed by atoms with van der Waals surface area (Å²) in [7, 11) is 0. The van der Waals surface area contributed by atoms with Gasteiger partial charge in [0.15, 0.2) is 0 Å². The normalized spacial score (nSPS) is 23.7. The van der Waals surface area contributed by atoms with Gasteiger partial charge in [-0.3, -0.25) is 4.90 Å². The number of rotatable bonds is 6. The van der Waals surface area contributed by atoms with E-state index in [1.165, 1.54) is 45.4 Å². The third kappa shape index (κ3) is 3.89. The first-order valence-corrected chi connectivity index (χ1v) is 8.26. The van der Waals surface area contributed by atoms with Crippen LogP contribution in [0.3, 0.4) is 0 Å². The van der Waals surface area contributed by atoms with Crippen LogP contribution in [-0.2, 0) is 0 Å². The first kappa shape index (κ1) is 14.7. The lowest BCUT2D eigenvalue weighted by Gasteiger charge is -2.23. The second kappa shape index (κ2) is 7.14. The quantitative estimate of drug-likeness (QED) is 0.644. The molecule has 2 heterocycles. The maximum absolute atomic E-state index is 5.87. The van der Waals surface area contributed by atoms with Gasteiger partial charge in [-0.15, -0.1) is 0 Å². The molecule has 2 N–H and O–H groups in total. The molecule has 0 aromatic heterocycles. The molecule has 2 saturated heterocycles. The first-order valence-electron chi connectivity index (χ1n) is 8.26. The van der Waals surface area contributed by atoms with Gasteiger partial charge in [-0.05, 0) is 57.5 Å². The number of ether oxygens (including phenoxy) is 1. The number of anilines is 1. The molecular formula is C17H27N3O. The standard InChI is InChI=1S/C17H27N3O/c18-16-6-1-2-7-17(16)21-13-5-9-19-12-8-15(14-19)20-10-3-4-11-20/h1-2,6-7,15H,3-5,8-14,18H2. The molecule has 0 amide bonds. The third-order valence-electron chi connectivity index (χ3n) is 4.70. The molecule has 4 heteroatoms. The SMILES string of the molecule is Nc1ccccc1OCCCN1CCC(N2CCCC2)C1. The largest absolute Gasteiger partial charge is 0.491 e. The van der Waals surface area contributed by atoms with Crippen LogP contribution in [0.25, 0.3) is 0 Å². The Kier molecular flexibility index (Phi) is 4.99. The molecule has 2 aliphatic heterocycles. The monoisotopic (exact) mass is 289 g/mol. The fraction of sp³-hybridized carbons (Fsp3) is 0.647. The second-order valence-corrected chi connectivity index (χ2v) is 6.23. The maximum Gasteiger partial charge on any atom is 0.142 e. The highest BCUT2D eigenvalue weighted by Crippen LogP contribution is 2.21. The average Bonchev–Trinajstić information content (AvgIpc) is 3.16. The average molecular weight is 289 g/mol. The highest BCUT2D eigenvalue weighted by atomic mass is 16.5. The number of nitrogens with zero attached hydrogens (tertiary/aromatic N) is 2. The van der Waals surface area contributed by atoms with E-state index in [4.69, 9.17) is 10.5 Å². The van der Waals surface area contributed by atoms with E-state index in [2.05, 4.69) is 9.80 Å². The fourth-order valence-electron chi connectivity index (χ4n) is 3.50. The number of para-hydroxylation sites is 2. The van der Waals surface area contributed by atoms with Crippen LogP contribution in [0.5, 0.6) is 5.75 Å². The molecule has 1 aromatic rings. The molecule has 2 fully saturated rings. The molecule has 4 nitrogen and oxygen atoms in total. The van der Waals surface area contributed by atoms with Crippen molar-refractivity contribution in [1.29, 1.82) is 0 Å². The predicted octanol–water partition coefficient (Wildman–Crippen LogP) is 2.21. The van der Waals surface area contributed by atoms with E-state index in [9.17, 15) is 0 Å². The minimum Gasteiger partial charge on any atom is -0.491 e. The Morgan fingerprint density at radius 3 is 2.76 bits per heavy atom. The van der Waals surface area contributed by atoms with Gasteiger partial charge in [0.1, 0.15) is 5.75 Å². The van der Waals surface area contributed by atoms with Crippen molar-refractivity contribution in [3.8, 4) is 5.75 Å². The van der Waals surface area contributed by atoms with Crippen molar-refractivity contribution in [2.24, 2.45) is 0 Å². The Hall–Kier alpha value is -1.26. The zero-order chi connectivity index (χ0) is 14.5. The van der Waals surface area contributed by atoms with Gasteiger partial charge in [-0.2, -0.15) is 0 Å². The van der Waals surface area contributed by atoms with E-state index < -0.39 is 0 Å². The van der Waals surface area contributed by atoms with E-state index in [-0.39, 0.29) is 0 Å². The molecule has 0 bridgehead atoms. The van der Waals surface area contributed by atoms with Crippen molar-refractivity contribution in [3.05, 3.63) is 24.3 Å². The summed E-state index contributed by atoms with van der Waals surface area (Å²) in [6.07, 6.45) is 5.19. The van der Waals surface area contributed by atoms with Crippen molar-refractivity contribution < 1.29 is 4.74 Å². The highest BCUT2D eigenvalue weighted by Gasteiger charge is 2.28. The second-order valence-electron chi connectivity index (χ2n) is 6.23. The highest BCUT2D eigenvalue weighted by molar-refractivity contribution is 5.51. The lowest BCUT2D eigenvalue weighted by atomic mass is 10.2. The van der Waals surface area contributed by atoms with E-state index in [0.717, 1.165) is 37.1 Å². The molecule has 0 radical (unpaired) electrons. The summed E-state index contributed by atoms with van der Waals surface area (Å²) in [4.78, 5) is 5.27. The summed E-state index contributed by atoms with van der Waals surface area (Å²) in [5.74, 6) is 0.814. The van der Waals surface area contributed by atoms with Crippen LogP contribution in [0.15, 0.2) is 24.3 Å². The molecular weight excluding hydrogens is 262 g/mol. The third-order valence-corrected chi connectivity index (χ3v) is 4.70. The van der Waals surface area contributed by atoms with E-state index in [1.807, 2.05) is 24.3 Å². The van der Waals surface area contributed by atoms with Crippen LogP contribution in [-0.4, -0.2) is 55.2 Å². The summed E-state index contributed by atoms with van der Waals surface area (Å²) in [5.41, 5.74) is 6.60. The summed E-state index contributed by atoms with van der Waals surface area (Å²) in [5, 5.41) is 0. The van der Waals surface area contributed by atoms with Gasteiger partial charge in [-0.25, -0.2) is 0 Å². The number of nitrogens with two attached hydrogens (primary N) is 1. The minimum absolute atomic E-state index is 0.729. The molecule has 1 atom stereocenters. The molecule has 2 aliphatic rings. The number of benzene rings is 1. The summed E-state index contributed by atoms with van der Waals surface area (Å²) in [6.45, 7) is 7.00. The number of hydrogen-bond donors (Lipinski definition) is 1. The molecule has 0 spiro atoms. The van der Waals surface area contributed by atoms with Crippen molar-refractivity contribution in [3.63, 3.8) is 0 Å². The molecule has 0 aliphatic carbocycles. The lowest BCUT2D eigenvalue weighted by molar-refractivity contribution is 0.222. The van der Waals surface area contributed by atoms with Crippen molar-refractivity contribution in [2.45, 2.75) is 31.7 Å². The zero-order valence-corrected chi connectivity index (χ0v) is 12.8. The van der Waals surface area contributed by atoms with E-state index in [1.54, 1.807) is 0 Å². The maximum atomic E-state index is 5.87. The first-order chi connectivity index (χ1) is 10.3. The zero-order valence-electron chi connectivity index (χ0n) is 12.8. The van der Waals surface area contributed by atoms with E-state index >= 15 is 0 Å².